The number of nitrogen functional groups attached to an aromatic ring is 1. The number of anilines is 1. The normalized spacial score (nSPS) is 10.8. The first-order chi connectivity index (χ1) is 8.11. The Labute approximate surface area is 112 Å². The molecule has 6 heteroatoms. The van der Waals surface area contributed by atoms with Crippen molar-refractivity contribution in [1.82, 2.24) is 9.78 Å². The van der Waals surface area contributed by atoms with Crippen LogP contribution in [0.5, 0.6) is 0 Å². The van der Waals surface area contributed by atoms with E-state index in [0.29, 0.717) is 23.1 Å². The van der Waals surface area contributed by atoms with Gasteiger partial charge in [0, 0.05) is 16.1 Å². The highest BCUT2D eigenvalue weighted by atomic mass is 79.9. The number of nitrogens with zero attached hydrogens (tertiary/aromatic N) is 2. The van der Waals surface area contributed by atoms with Gasteiger partial charge in [0.05, 0.1) is 23.9 Å². The van der Waals surface area contributed by atoms with Crippen molar-refractivity contribution in [1.29, 1.82) is 0 Å². The highest BCUT2D eigenvalue weighted by molar-refractivity contribution is 9.10. The third-order valence-electron chi connectivity index (χ3n) is 2.33. The number of aromatic nitrogens is 2. The molecule has 1 aromatic heterocycles. The van der Waals surface area contributed by atoms with E-state index >= 15 is 0 Å². The molecular formula is C11H11BrClN3O. The molecule has 0 unspecified atom stereocenters. The zero-order valence-electron chi connectivity index (χ0n) is 8.90. The Bertz CT molecular complexity index is 542. The van der Waals surface area contributed by atoms with Crippen molar-refractivity contribution in [2.24, 2.45) is 0 Å². The predicted molar refractivity (Wildman–Crippen MR) is 71.9 cm³/mol. The van der Waals surface area contributed by atoms with E-state index in [1.807, 2.05) is 12.1 Å². The molecule has 3 N–H and O–H groups in total. The van der Waals surface area contributed by atoms with Gasteiger partial charge in [0.25, 0.3) is 0 Å². The average molecular weight is 317 g/mol. The van der Waals surface area contributed by atoms with Gasteiger partial charge in [-0.25, -0.2) is 4.68 Å². The Morgan fingerprint density at radius 1 is 1.41 bits per heavy atom. The maximum Gasteiger partial charge on any atom is 0.122 e. The minimum Gasteiger partial charge on any atom is -0.394 e. The molecule has 0 saturated heterocycles. The van der Waals surface area contributed by atoms with Crippen LogP contribution in [0.25, 0.3) is 11.3 Å². The van der Waals surface area contributed by atoms with Crippen LogP contribution in [0.4, 0.5) is 5.82 Å². The molecule has 0 spiro atoms. The zero-order chi connectivity index (χ0) is 12.4. The minimum absolute atomic E-state index is 0.000605. The second-order valence-corrected chi connectivity index (χ2v) is 4.85. The van der Waals surface area contributed by atoms with Gasteiger partial charge in [0.1, 0.15) is 5.82 Å². The fourth-order valence-electron chi connectivity index (χ4n) is 1.53. The maximum absolute atomic E-state index is 8.87. The topological polar surface area (TPSA) is 64.1 Å². The second-order valence-electron chi connectivity index (χ2n) is 3.53. The number of nitrogens with two attached hydrogens (primary N) is 1. The zero-order valence-corrected chi connectivity index (χ0v) is 11.2. The van der Waals surface area contributed by atoms with Gasteiger partial charge in [-0.1, -0.05) is 33.6 Å². The Morgan fingerprint density at radius 2 is 2.18 bits per heavy atom. The van der Waals surface area contributed by atoms with E-state index < -0.39 is 0 Å². The first-order valence-electron chi connectivity index (χ1n) is 5.01. The van der Waals surface area contributed by atoms with Gasteiger partial charge in [0.15, 0.2) is 0 Å². The van der Waals surface area contributed by atoms with Gasteiger partial charge in [-0.3, -0.25) is 0 Å². The van der Waals surface area contributed by atoms with Crippen LogP contribution < -0.4 is 5.73 Å². The molecule has 0 saturated carbocycles. The Morgan fingerprint density at radius 3 is 2.82 bits per heavy atom. The van der Waals surface area contributed by atoms with E-state index in [1.54, 1.807) is 16.8 Å². The summed E-state index contributed by atoms with van der Waals surface area (Å²) in [5.74, 6) is 0.507. The summed E-state index contributed by atoms with van der Waals surface area (Å²) in [5.41, 5.74) is 7.30. The molecule has 2 aromatic rings. The summed E-state index contributed by atoms with van der Waals surface area (Å²) in [6.45, 7) is 0.374. The number of hydrogen-bond donors (Lipinski definition) is 2. The van der Waals surface area contributed by atoms with E-state index in [1.165, 1.54) is 0 Å². The SMILES string of the molecule is Nc1cc(-c2ccc(Br)cc2Cl)nn1CCO. The molecule has 0 aliphatic carbocycles. The number of aliphatic hydroxyl groups is 1. The maximum atomic E-state index is 8.87. The van der Waals surface area contributed by atoms with Gasteiger partial charge in [-0.15, -0.1) is 0 Å². The summed E-state index contributed by atoms with van der Waals surface area (Å²) in [6, 6.07) is 7.31. The largest absolute Gasteiger partial charge is 0.394 e. The van der Waals surface area contributed by atoms with Crippen molar-refractivity contribution in [3.05, 3.63) is 33.8 Å². The van der Waals surface area contributed by atoms with Crippen molar-refractivity contribution >= 4 is 33.3 Å². The van der Waals surface area contributed by atoms with Crippen molar-refractivity contribution < 1.29 is 5.11 Å². The lowest BCUT2D eigenvalue weighted by Crippen LogP contribution is -2.07. The molecule has 0 aliphatic rings. The molecule has 0 radical (unpaired) electrons. The van der Waals surface area contributed by atoms with E-state index in [0.717, 1.165) is 10.0 Å². The molecule has 0 fully saturated rings. The van der Waals surface area contributed by atoms with Gasteiger partial charge >= 0.3 is 0 Å². The van der Waals surface area contributed by atoms with E-state index in [9.17, 15) is 0 Å². The summed E-state index contributed by atoms with van der Waals surface area (Å²) >= 11 is 9.48. The van der Waals surface area contributed by atoms with Crippen LogP contribution in [0.3, 0.4) is 0 Å². The molecule has 1 heterocycles. The molecule has 17 heavy (non-hydrogen) atoms. The van der Waals surface area contributed by atoms with Crippen LogP contribution in [0, 0.1) is 0 Å². The smallest absolute Gasteiger partial charge is 0.122 e. The molecule has 4 nitrogen and oxygen atoms in total. The lowest BCUT2D eigenvalue weighted by atomic mass is 10.1. The molecule has 2 rings (SSSR count). The molecular weight excluding hydrogens is 305 g/mol. The number of aliphatic hydroxyl groups excluding tert-OH is 1. The summed E-state index contributed by atoms with van der Waals surface area (Å²) in [5, 5.41) is 13.8. The van der Waals surface area contributed by atoms with Crippen molar-refractivity contribution in [2.75, 3.05) is 12.3 Å². The number of halogens is 2. The van der Waals surface area contributed by atoms with Gasteiger partial charge in [-0.05, 0) is 12.1 Å². The quantitative estimate of drug-likeness (QED) is 0.914. The predicted octanol–water partition coefficient (Wildman–Crippen LogP) is 2.54. The van der Waals surface area contributed by atoms with E-state index in [-0.39, 0.29) is 6.61 Å². The highest BCUT2D eigenvalue weighted by Gasteiger charge is 2.10. The summed E-state index contributed by atoms with van der Waals surface area (Å²) in [7, 11) is 0. The third-order valence-corrected chi connectivity index (χ3v) is 3.14. The van der Waals surface area contributed by atoms with Crippen molar-refractivity contribution in [3.63, 3.8) is 0 Å². The standard InChI is InChI=1S/C11H11BrClN3O/c12-7-1-2-8(9(13)5-7)10-6-11(14)16(15-10)3-4-17/h1-2,5-6,17H,3-4,14H2. The molecule has 90 valence electrons. The van der Waals surface area contributed by atoms with Crippen molar-refractivity contribution in [3.8, 4) is 11.3 Å². The summed E-state index contributed by atoms with van der Waals surface area (Å²) in [4.78, 5) is 0. The van der Waals surface area contributed by atoms with Gasteiger partial charge in [0.2, 0.25) is 0 Å². The molecule has 0 bridgehead atoms. The van der Waals surface area contributed by atoms with Crippen LogP contribution in [0.2, 0.25) is 5.02 Å². The fourth-order valence-corrected chi connectivity index (χ4v) is 2.30. The lowest BCUT2D eigenvalue weighted by molar-refractivity contribution is 0.270. The van der Waals surface area contributed by atoms with Crippen LogP contribution in [0.15, 0.2) is 28.7 Å². The third kappa shape index (κ3) is 2.62. The first kappa shape index (κ1) is 12.4. The van der Waals surface area contributed by atoms with Crippen LogP contribution in [0.1, 0.15) is 0 Å². The Hall–Kier alpha value is -1.04. The van der Waals surface area contributed by atoms with Gasteiger partial charge in [-0.2, -0.15) is 5.10 Å². The monoisotopic (exact) mass is 315 g/mol. The summed E-state index contributed by atoms with van der Waals surface area (Å²) in [6.07, 6.45) is 0. The molecule has 1 aromatic carbocycles. The molecule has 0 atom stereocenters. The minimum atomic E-state index is -0.000605. The first-order valence-corrected chi connectivity index (χ1v) is 6.18. The number of rotatable bonds is 3. The Kier molecular flexibility index (Phi) is 3.71. The number of hydrogen-bond acceptors (Lipinski definition) is 3. The van der Waals surface area contributed by atoms with Crippen LogP contribution >= 0.6 is 27.5 Å². The second kappa shape index (κ2) is 5.08. The van der Waals surface area contributed by atoms with E-state index in [2.05, 4.69) is 21.0 Å². The molecule has 0 amide bonds. The number of benzene rings is 1. The van der Waals surface area contributed by atoms with Crippen LogP contribution in [-0.4, -0.2) is 21.5 Å². The molecule has 0 aliphatic heterocycles. The van der Waals surface area contributed by atoms with E-state index in [4.69, 9.17) is 22.4 Å². The average Bonchev–Trinajstić information content (AvgIpc) is 2.60. The Balaban J connectivity index is 2.42. The lowest BCUT2D eigenvalue weighted by Gasteiger charge is -2.01. The summed E-state index contributed by atoms with van der Waals surface area (Å²) < 4.78 is 2.46. The van der Waals surface area contributed by atoms with Crippen LogP contribution in [-0.2, 0) is 6.54 Å². The fraction of sp³-hybridized carbons (Fsp3) is 0.182. The van der Waals surface area contributed by atoms with Gasteiger partial charge < -0.3 is 10.8 Å². The van der Waals surface area contributed by atoms with Crippen molar-refractivity contribution in [2.45, 2.75) is 6.54 Å². The highest BCUT2D eigenvalue weighted by Crippen LogP contribution is 2.30.